The summed E-state index contributed by atoms with van der Waals surface area (Å²) >= 11 is 6.24. The molecule has 0 saturated heterocycles. The molecule has 1 aromatic heterocycles. The summed E-state index contributed by atoms with van der Waals surface area (Å²) in [5, 5.41) is 5.64. The molecule has 0 aliphatic rings. The van der Waals surface area contributed by atoms with Gasteiger partial charge in [-0.3, -0.25) is 0 Å². The lowest BCUT2D eigenvalue weighted by molar-refractivity contribution is 1.56. The van der Waals surface area contributed by atoms with Gasteiger partial charge >= 0.3 is 0 Å². The van der Waals surface area contributed by atoms with Crippen molar-refractivity contribution in [3.8, 4) is 11.1 Å². The van der Waals surface area contributed by atoms with Crippen LogP contribution in [0, 0.1) is 0 Å². The van der Waals surface area contributed by atoms with Crippen molar-refractivity contribution in [2.45, 2.75) is 0 Å². The van der Waals surface area contributed by atoms with Gasteiger partial charge in [-0.25, -0.2) is 0 Å². The maximum atomic E-state index is 6.24. The molecule has 114 valence electrons. The van der Waals surface area contributed by atoms with Gasteiger partial charge in [-0.2, -0.15) is 0 Å². The lowest BCUT2D eigenvalue weighted by Crippen LogP contribution is -1.83. The van der Waals surface area contributed by atoms with Crippen LogP contribution in [0.2, 0.25) is 5.02 Å². The second-order valence-corrected chi connectivity index (χ2v) is 6.51. The molecule has 1 heterocycles. The zero-order chi connectivity index (χ0) is 16.1. The van der Waals surface area contributed by atoms with Crippen LogP contribution in [-0.4, -0.2) is 4.98 Å². The Balaban J connectivity index is 2.01. The lowest BCUT2D eigenvalue weighted by Gasteiger charge is -2.09. The van der Waals surface area contributed by atoms with E-state index in [1.165, 1.54) is 38.2 Å². The summed E-state index contributed by atoms with van der Waals surface area (Å²) in [6.07, 6.45) is 0. The highest BCUT2D eigenvalue weighted by Gasteiger charge is 2.12. The van der Waals surface area contributed by atoms with Crippen LogP contribution >= 0.6 is 11.6 Å². The molecule has 24 heavy (non-hydrogen) atoms. The van der Waals surface area contributed by atoms with E-state index in [4.69, 9.17) is 11.6 Å². The largest absolute Gasteiger partial charge is 0.354 e. The third-order valence-corrected chi connectivity index (χ3v) is 4.90. The average molecular weight is 328 g/mol. The fourth-order valence-electron chi connectivity index (χ4n) is 3.56. The quantitative estimate of drug-likeness (QED) is 0.348. The van der Waals surface area contributed by atoms with E-state index in [1.807, 2.05) is 12.1 Å². The maximum absolute atomic E-state index is 6.24. The number of H-pyrrole nitrogens is 1. The highest BCUT2D eigenvalue weighted by molar-refractivity contribution is 6.32. The number of benzene rings is 4. The molecule has 4 aromatic carbocycles. The molecule has 0 amide bonds. The number of aromatic nitrogens is 1. The van der Waals surface area contributed by atoms with E-state index < -0.39 is 0 Å². The summed E-state index contributed by atoms with van der Waals surface area (Å²) in [7, 11) is 0. The monoisotopic (exact) mass is 327 g/mol. The standard InChI is InChI=1S/C22H14ClN/c23-15-10-11-21-19(12-15)20-13-18(14-6-2-1-3-7-14)16-8-4-5-9-17(16)22(20)24-21/h1-13,24H. The van der Waals surface area contributed by atoms with E-state index in [-0.39, 0.29) is 0 Å². The third kappa shape index (κ3) is 1.95. The second-order valence-electron chi connectivity index (χ2n) is 6.07. The number of rotatable bonds is 1. The van der Waals surface area contributed by atoms with Crippen molar-refractivity contribution in [1.29, 1.82) is 0 Å². The van der Waals surface area contributed by atoms with Crippen LogP contribution in [0.15, 0.2) is 78.9 Å². The number of hydrogen-bond donors (Lipinski definition) is 1. The summed E-state index contributed by atoms with van der Waals surface area (Å²) in [4.78, 5) is 3.57. The van der Waals surface area contributed by atoms with Gasteiger partial charge in [0.15, 0.2) is 0 Å². The molecule has 0 fully saturated rings. The highest BCUT2D eigenvalue weighted by Crippen LogP contribution is 2.38. The zero-order valence-corrected chi connectivity index (χ0v) is 13.6. The van der Waals surface area contributed by atoms with Crippen LogP contribution in [0.25, 0.3) is 43.7 Å². The summed E-state index contributed by atoms with van der Waals surface area (Å²) < 4.78 is 0. The molecule has 0 saturated carbocycles. The molecule has 0 spiro atoms. The van der Waals surface area contributed by atoms with E-state index in [0.29, 0.717) is 0 Å². The van der Waals surface area contributed by atoms with Gasteiger partial charge in [0.25, 0.3) is 0 Å². The summed E-state index contributed by atoms with van der Waals surface area (Å²) in [5.41, 5.74) is 4.76. The van der Waals surface area contributed by atoms with Gasteiger partial charge in [-0.1, -0.05) is 66.2 Å². The fraction of sp³-hybridized carbons (Fsp3) is 0. The van der Waals surface area contributed by atoms with Crippen LogP contribution in [0.5, 0.6) is 0 Å². The van der Waals surface area contributed by atoms with E-state index in [9.17, 15) is 0 Å². The number of nitrogens with one attached hydrogen (secondary N) is 1. The van der Waals surface area contributed by atoms with Crippen molar-refractivity contribution in [1.82, 2.24) is 4.98 Å². The highest BCUT2D eigenvalue weighted by atomic mass is 35.5. The first-order chi connectivity index (χ1) is 11.8. The topological polar surface area (TPSA) is 15.8 Å². The molecule has 0 atom stereocenters. The average Bonchev–Trinajstić information content (AvgIpc) is 3.00. The number of halogens is 1. The van der Waals surface area contributed by atoms with Crippen molar-refractivity contribution < 1.29 is 0 Å². The molecule has 0 aliphatic heterocycles. The van der Waals surface area contributed by atoms with Gasteiger partial charge in [0, 0.05) is 26.7 Å². The molecule has 5 rings (SSSR count). The van der Waals surface area contributed by atoms with E-state index in [2.05, 4.69) is 71.7 Å². The molecule has 1 nitrogen and oxygen atoms in total. The van der Waals surface area contributed by atoms with E-state index >= 15 is 0 Å². The molecular formula is C22H14ClN. The van der Waals surface area contributed by atoms with Crippen molar-refractivity contribution in [2.75, 3.05) is 0 Å². The Morgan fingerprint density at radius 1 is 0.625 bits per heavy atom. The Morgan fingerprint density at radius 3 is 2.21 bits per heavy atom. The molecule has 0 radical (unpaired) electrons. The first-order valence-electron chi connectivity index (χ1n) is 7.99. The van der Waals surface area contributed by atoms with Crippen molar-refractivity contribution >= 4 is 44.2 Å². The number of fused-ring (bicyclic) bond motifs is 5. The number of aromatic amines is 1. The van der Waals surface area contributed by atoms with Gasteiger partial charge in [-0.15, -0.1) is 0 Å². The fourth-order valence-corrected chi connectivity index (χ4v) is 3.73. The lowest BCUT2D eigenvalue weighted by atomic mass is 9.95. The summed E-state index contributed by atoms with van der Waals surface area (Å²) in [6.45, 7) is 0. The molecule has 0 bridgehead atoms. The van der Waals surface area contributed by atoms with Gasteiger partial charge in [0.2, 0.25) is 0 Å². The maximum Gasteiger partial charge on any atom is 0.0544 e. The first kappa shape index (κ1) is 13.6. The molecule has 0 unspecified atom stereocenters. The van der Waals surface area contributed by atoms with Crippen LogP contribution in [0.3, 0.4) is 0 Å². The van der Waals surface area contributed by atoms with Gasteiger partial charge in [0.1, 0.15) is 0 Å². The SMILES string of the molecule is Clc1ccc2[nH]c3c4ccccc4c(-c4ccccc4)cc3c2c1. The normalized spacial score (nSPS) is 11.5. The summed E-state index contributed by atoms with van der Waals surface area (Å²) in [5.74, 6) is 0. The Labute approximate surface area is 144 Å². The van der Waals surface area contributed by atoms with Gasteiger partial charge in [-0.05, 0) is 40.8 Å². The third-order valence-electron chi connectivity index (χ3n) is 4.66. The Morgan fingerprint density at radius 2 is 1.38 bits per heavy atom. The van der Waals surface area contributed by atoms with Crippen LogP contribution < -0.4 is 0 Å². The predicted octanol–water partition coefficient (Wildman–Crippen LogP) is 6.79. The van der Waals surface area contributed by atoms with Crippen molar-refractivity contribution in [3.05, 3.63) is 83.9 Å². The molecular weight excluding hydrogens is 314 g/mol. The molecule has 1 N–H and O–H groups in total. The van der Waals surface area contributed by atoms with Crippen LogP contribution in [0.4, 0.5) is 0 Å². The van der Waals surface area contributed by atoms with Crippen molar-refractivity contribution in [3.63, 3.8) is 0 Å². The smallest absolute Gasteiger partial charge is 0.0544 e. The van der Waals surface area contributed by atoms with E-state index in [1.54, 1.807) is 0 Å². The Bertz CT molecular complexity index is 1200. The molecule has 0 aliphatic carbocycles. The Hall–Kier alpha value is -2.77. The second kappa shape index (κ2) is 5.12. The molecule has 2 heteroatoms. The van der Waals surface area contributed by atoms with Gasteiger partial charge < -0.3 is 4.98 Å². The van der Waals surface area contributed by atoms with Crippen molar-refractivity contribution in [2.24, 2.45) is 0 Å². The minimum Gasteiger partial charge on any atom is -0.354 e. The van der Waals surface area contributed by atoms with Gasteiger partial charge in [0.05, 0.1) is 5.52 Å². The Kier molecular flexibility index (Phi) is 2.91. The zero-order valence-electron chi connectivity index (χ0n) is 12.9. The summed E-state index contributed by atoms with van der Waals surface area (Å²) in [6, 6.07) is 27.4. The number of hydrogen-bond acceptors (Lipinski definition) is 0. The van der Waals surface area contributed by atoms with Crippen LogP contribution in [-0.2, 0) is 0 Å². The van der Waals surface area contributed by atoms with E-state index in [0.717, 1.165) is 10.5 Å². The first-order valence-corrected chi connectivity index (χ1v) is 8.37. The minimum absolute atomic E-state index is 0.762. The van der Waals surface area contributed by atoms with Crippen LogP contribution in [0.1, 0.15) is 0 Å². The minimum atomic E-state index is 0.762. The predicted molar refractivity (Wildman–Crippen MR) is 104 cm³/mol. The molecule has 5 aromatic rings.